The molecule has 1 aliphatic heterocycles. The number of hydrogen-bond donors (Lipinski definition) is 1. The zero-order valence-corrected chi connectivity index (χ0v) is 15.7. The summed E-state index contributed by atoms with van der Waals surface area (Å²) in [6.45, 7) is 5.00. The van der Waals surface area contributed by atoms with Gasteiger partial charge in [0, 0.05) is 18.7 Å². The van der Waals surface area contributed by atoms with Crippen molar-refractivity contribution in [3.8, 4) is 0 Å². The van der Waals surface area contributed by atoms with Gasteiger partial charge in [-0.25, -0.2) is 4.39 Å². The summed E-state index contributed by atoms with van der Waals surface area (Å²) in [7, 11) is 0. The van der Waals surface area contributed by atoms with E-state index in [9.17, 15) is 14.0 Å². The molecule has 2 amide bonds. The summed E-state index contributed by atoms with van der Waals surface area (Å²) in [4.78, 5) is 27.0. The zero-order valence-electron chi connectivity index (χ0n) is 15.7. The Labute approximate surface area is 159 Å². The van der Waals surface area contributed by atoms with Gasteiger partial charge >= 0.3 is 0 Å². The van der Waals surface area contributed by atoms with Crippen LogP contribution in [0.15, 0.2) is 48.5 Å². The van der Waals surface area contributed by atoms with Crippen LogP contribution < -0.4 is 5.32 Å². The second kappa shape index (κ2) is 8.33. The van der Waals surface area contributed by atoms with E-state index in [1.165, 1.54) is 29.8 Å². The van der Waals surface area contributed by atoms with Crippen LogP contribution in [0.25, 0.3) is 0 Å². The fourth-order valence-corrected chi connectivity index (χ4v) is 3.42. The number of carbonyl (C=O) groups is 2. The maximum absolute atomic E-state index is 13.1. The molecule has 0 radical (unpaired) electrons. The second-order valence-corrected chi connectivity index (χ2v) is 7.24. The molecule has 1 heterocycles. The van der Waals surface area contributed by atoms with Crippen molar-refractivity contribution in [3.05, 3.63) is 71.0 Å². The highest BCUT2D eigenvalue weighted by molar-refractivity contribution is 5.94. The van der Waals surface area contributed by atoms with Crippen LogP contribution in [0.5, 0.6) is 0 Å². The summed E-state index contributed by atoms with van der Waals surface area (Å²) >= 11 is 0. The summed E-state index contributed by atoms with van der Waals surface area (Å²) < 4.78 is 13.1. The topological polar surface area (TPSA) is 49.4 Å². The Kier molecular flexibility index (Phi) is 5.89. The second-order valence-electron chi connectivity index (χ2n) is 7.24. The van der Waals surface area contributed by atoms with Gasteiger partial charge in [-0.3, -0.25) is 9.59 Å². The summed E-state index contributed by atoms with van der Waals surface area (Å²) in [6, 6.07) is 13.6. The third-order valence-corrected chi connectivity index (χ3v) is 5.11. The minimum atomic E-state index is -0.368. The number of piperidine rings is 1. The molecule has 1 aliphatic rings. The highest BCUT2D eigenvalue weighted by Crippen LogP contribution is 2.21. The molecule has 5 heteroatoms. The zero-order chi connectivity index (χ0) is 19.4. The van der Waals surface area contributed by atoms with Crippen molar-refractivity contribution in [2.75, 3.05) is 13.1 Å². The number of carbonyl (C=O) groups excluding carboxylic acids is 2. The van der Waals surface area contributed by atoms with E-state index in [1.54, 1.807) is 4.90 Å². The fraction of sp³-hybridized carbons (Fsp3) is 0.364. The molecule has 142 valence electrons. The highest BCUT2D eigenvalue weighted by Gasteiger charge is 2.29. The molecule has 3 rings (SSSR count). The number of hydrogen-bond acceptors (Lipinski definition) is 2. The molecule has 27 heavy (non-hydrogen) atoms. The smallest absolute Gasteiger partial charge is 0.253 e. The van der Waals surface area contributed by atoms with E-state index in [-0.39, 0.29) is 29.6 Å². The van der Waals surface area contributed by atoms with E-state index in [0.717, 1.165) is 18.4 Å². The first-order valence-electron chi connectivity index (χ1n) is 9.36. The summed E-state index contributed by atoms with van der Waals surface area (Å²) in [6.07, 6.45) is 1.55. The van der Waals surface area contributed by atoms with Crippen LogP contribution in [0.1, 0.15) is 47.3 Å². The largest absolute Gasteiger partial charge is 0.349 e. The maximum Gasteiger partial charge on any atom is 0.253 e. The molecule has 0 spiro atoms. The quantitative estimate of drug-likeness (QED) is 0.891. The van der Waals surface area contributed by atoms with Crippen molar-refractivity contribution in [1.82, 2.24) is 10.2 Å². The van der Waals surface area contributed by atoms with Crippen LogP contribution >= 0.6 is 0 Å². The first-order chi connectivity index (χ1) is 12.9. The summed E-state index contributed by atoms with van der Waals surface area (Å²) in [5.41, 5.74) is 2.69. The third-order valence-electron chi connectivity index (χ3n) is 5.11. The molecule has 1 N–H and O–H groups in total. The minimum absolute atomic E-state index is 0.0281. The summed E-state index contributed by atoms with van der Waals surface area (Å²) in [5.74, 6) is -0.776. The van der Waals surface area contributed by atoms with E-state index < -0.39 is 0 Å². The van der Waals surface area contributed by atoms with Crippen molar-refractivity contribution in [3.63, 3.8) is 0 Å². The number of nitrogens with one attached hydrogen (secondary N) is 1. The highest BCUT2D eigenvalue weighted by atomic mass is 19.1. The van der Waals surface area contributed by atoms with Gasteiger partial charge in [-0.1, -0.05) is 29.8 Å². The monoisotopic (exact) mass is 368 g/mol. The SMILES string of the molecule is Cc1ccc(C(C)NC(=O)C2CCCN(C(=O)c3ccc(F)cc3)C2)cc1. The van der Waals surface area contributed by atoms with Crippen LogP contribution in [0.3, 0.4) is 0 Å². The van der Waals surface area contributed by atoms with E-state index in [2.05, 4.69) is 5.32 Å². The van der Waals surface area contributed by atoms with Gasteiger partial charge in [0.05, 0.1) is 12.0 Å². The molecule has 2 aromatic rings. The van der Waals surface area contributed by atoms with Crippen LogP contribution in [0, 0.1) is 18.7 Å². The number of halogens is 1. The molecule has 2 atom stereocenters. The molecule has 4 nitrogen and oxygen atoms in total. The van der Waals surface area contributed by atoms with Gasteiger partial charge in [0.25, 0.3) is 5.91 Å². The molecular formula is C22H25FN2O2. The Morgan fingerprint density at radius 1 is 1.11 bits per heavy atom. The number of nitrogens with zero attached hydrogens (tertiary/aromatic N) is 1. The van der Waals surface area contributed by atoms with E-state index >= 15 is 0 Å². The van der Waals surface area contributed by atoms with Crippen LogP contribution in [0.2, 0.25) is 0 Å². The maximum atomic E-state index is 13.1. The molecule has 0 saturated carbocycles. The molecule has 1 fully saturated rings. The van der Waals surface area contributed by atoms with E-state index in [0.29, 0.717) is 18.7 Å². The minimum Gasteiger partial charge on any atom is -0.349 e. The molecule has 0 aromatic heterocycles. The normalized spacial score (nSPS) is 18.0. The Morgan fingerprint density at radius 3 is 2.44 bits per heavy atom. The standard InChI is InChI=1S/C22H25FN2O2/c1-15-5-7-17(8-6-15)16(2)24-21(26)19-4-3-13-25(14-19)22(27)18-9-11-20(23)12-10-18/h5-12,16,19H,3-4,13-14H2,1-2H3,(H,24,26). The van der Waals surface area contributed by atoms with Crippen molar-refractivity contribution in [1.29, 1.82) is 0 Å². The van der Waals surface area contributed by atoms with Crippen LogP contribution in [0.4, 0.5) is 4.39 Å². The number of aryl methyl sites for hydroxylation is 1. The van der Waals surface area contributed by atoms with Crippen molar-refractivity contribution >= 4 is 11.8 Å². The predicted molar refractivity (Wildman–Crippen MR) is 103 cm³/mol. The van der Waals surface area contributed by atoms with Gasteiger partial charge in [-0.2, -0.15) is 0 Å². The summed E-state index contributed by atoms with van der Waals surface area (Å²) in [5, 5.41) is 3.07. The van der Waals surface area contributed by atoms with Crippen LogP contribution in [-0.4, -0.2) is 29.8 Å². The van der Waals surface area contributed by atoms with Crippen molar-refractivity contribution < 1.29 is 14.0 Å². The molecular weight excluding hydrogens is 343 g/mol. The fourth-order valence-electron chi connectivity index (χ4n) is 3.42. The van der Waals surface area contributed by atoms with Crippen molar-refractivity contribution in [2.24, 2.45) is 5.92 Å². The van der Waals surface area contributed by atoms with Gasteiger partial charge in [-0.05, 0) is 56.5 Å². The Morgan fingerprint density at radius 2 is 1.78 bits per heavy atom. The van der Waals surface area contributed by atoms with Gasteiger partial charge in [-0.15, -0.1) is 0 Å². The lowest BCUT2D eigenvalue weighted by atomic mass is 9.95. The van der Waals surface area contributed by atoms with E-state index in [1.807, 2.05) is 38.1 Å². The Bertz CT molecular complexity index is 802. The molecule has 0 aliphatic carbocycles. The average molecular weight is 368 g/mol. The predicted octanol–water partition coefficient (Wildman–Crippen LogP) is 3.86. The lowest BCUT2D eigenvalue weighted by Crippen LogP contribution is -2.45. The molecule has 0 bridgehead atoms. The van der Waals surface area contributed by atoms with Gasteiger partial charge < -0.3 is 10.2 Å². The van der Waals surface area contributed by atoms with E-state index in [4.69, 9.17) is 0 Å². The number of amides is 2. The molecule has 2 unspecified atom stereocenters. The molecule has 2 aromatic carbocycles. The third kappa shape index (κ3) is 4.73. The number of likely N-dealkylation sites (tertiary alicyclic amines) is 1. The average Bonchev–Trinajstić information content (AvgIpc) is 2.68. The van der Waals surface area contributed by atoms with Crippen LogP contribution in [-0.2, 0) is 4.79 Å². The number of rotatable bonds is 4. The Hall–Kier alpha value is -2.69. The van der Waals surface area contributed by atoms with Gasteiger partial charge in [0.1, 0.15) is 5.82 Å². The lowest BCUT2D eigenvalue weighted by molar-refractivity contribution is -0.127. The van der Waals surface area contributed by atoms with Gasteiger partial charge in [0.15, 0.2) is 0 Å². The molecule has 1 saturated heterocycles. The number of benzene rings is 2. The van der Waals surface area contributed by atoms with Crippen molar-refractivity contribution in [2.45, 2.75) is 32.7 Å². The lowest BCUT2D eigenvalue weighted by Gasteiger charge is -2.32. The first-order valence-corrected chi connectivity index (χ1v) is 9.36. The first kappa shape index (κ1) is 19.1. The Balaban J connectivity index is 1.61. The van der Waals surface area contributed by atoms with Gasteiger partial charge in [0.2, 0.25) is 5.91 Å².